The molecule has 1 aliphatic rings. The molecule has 1 aromatic heterocycles. The summed E-state index contributed by atoms with van der Waals surface area (Å²) >= 11 is 0. The van der Waals surface area contributed by atoms with E-state index in [4.69, 9.17) is 5.73 Å². The van der Waals surface area contributed by atoms with Crippen molar-refractivity contribution in [2.75, 3.05) is 7.05 Å². The number of nitrogens with two attached hydrogens (primary N) is 1. The van der Waals surface area contributed by atoms with Gasteiger partial charge in [0.15, 0.2) is 5.82 Å². The minimum atomic E-state index is -0.197. The van der Waals surface area contributed by atoms with Gasteiger partial charge >= 0.3 is 0 Å². The molecule has 1 fully saturated rings. The number of rotatable bonds is 4. The predicted octanol–water partition coefficient (Wildman–Crippen LogP) is -0.0814. The second-order valence-corrected chi connectivity index (χ2v) is 4.32. The molecule has 1 amide bonds. The second-order valence-electron chi connectivity index (χ2n) is 4.32. The fraction of sp³-hybridized carbons (Fsp3) is 0.700. The Morgan fingerprint density at radius 2 is 2.44 bits per heavy atom. The van der Waals surface area contributed by atoms with Crippen molar-refractivity contribution in [3.05, 3.63) is 12.2 Å². The summed E-state index contributed by atoms with van der Waals surface area (Å²) in [5.74, 6) is 0.644. The zero-order valence-corrected chi connectivity index (χ0v) is 9.63. The summed E-state index contributed by atoms with van der Waals surface area (Å²) in [6.07, 6.45) is 3.78. The van der Waals surface area contributed by atoms with E-state index in [1.54, 1.807) is 15.9 Å². The molecule has 16 heavy (non-hydrogen) atoms. The Hall–Kier alpha value is -1.43. The quantitative estimate of drug-likeness (QED) is 0.774. The highest BCUT2D eigenvalue weighted by Crippen LogP contribution is 2.25. The molecule has 1 aliphatic carbocycles. The van der Waals surface area contributed by atoms with Crippen molar-refractivity contribution in [2.24, 2.45) is 5.73 Å². The van der Waals surface area contributed by atoms with Crippen LogP contribution in [0, 0.1) is 0 Å². The van der Waals surface area contributed by atoms with Gasteiger partial charge in [0.05, 0.1) is 6.04 Å². The van der Waals surface area contributed by atoms with Crippen molar-refractivity contribution in [3.8, 4) is 0 Å². The van der Waals surface area contributed by atoms with E-state index in [1.807, 2.05) is 14.0 Å². The van der Waals surface area contributed by atoms with Crippen molar-refractivity contribution in [3.63, 3.8) is 0 Å². The molecule has 1 unspecified atom stereocenters. The minimum absolute atomic E-state index is 0.0728. The first-order valence-electron chi connectivity index (χ1n) is 5.48. The molecule has 0 spiro atoms. The molecule has 1 saturated carbocycles. The minimum Gasteiger partial charge on any atom is -0.341 e. The topological polar surface area (TPSA) is 77.0 Å². The number of amides is 1. The maximum atomic E-state index is 11.8. The van der Waals surface area contributed by atoms with Crippen LogP contribution in [0.15, 0.2) is 6.33 Å². The van der Waals surface area contributed by atoms with Crippen molar-refractivity contribution in [1.82, 2.24) is 19.7 Å². The molecule has 88 valence electrons. The molecule has 6 nitrogen and oxygen atoms in total. The summed E-state index contributed by atoms with van der Waals surface area (Å²) in [5.41, 5.74) is 5.64. The maximum Gasteiger partial charge on any atom is 0.244 e. The van der Waals surface area contributed by atoms with Gasteiger partial charge in [-0.25, -0.2) is 9.67 Å². The fourth-order valence-electron chi connectivity index (χ4n) is 1.51. The van der Waals surface area contributed by atoms with Gasteiger partial charge in [-0.2, -0.15) is 5.10 Å². The van der Waals surface area contributed by atoms with E-state index in [9.17, 15) is 4.79 Å². The largest absolute Gasteiger partial charge is 0.341 e. The third-order valence-electron chi connectivity index (χ3n) is 2.75. The highest BCUT2D eigenvalue weighted by Gasteiger charge is 2.29. The Balaban J connectivity index is 1.94. The zero-order valence-electron chi connectivity index (χ0n) is 9.63. The number of carbonyl (C=O) groups is 1. The summed E-state index contributed by atoms with van der Waals surface area (Å²) in [6, 6.07) is 0.237. The van der Waals surface area contributed by atoms with Crippen LogP contribution < -0.4 is 5.73 Å². The molecule has 0 saturated heterocycles. The third-order valence-corrected chi connectivity index (χ3v) is 2.75. The van der Waals surface area contributed by atoms with Crippen LogP contribution in [0.5, 0.6) is 0 Å². The summed E-state index contributed by atoms with van der Waals surface area (Å²) < 4.78 is 1.54. The van der Waals surface area contributed by atoms with Crippen LogP contribution in [0.3, 0.4) is 0 Å². The number of aromatic nitrogens is 3. The van der Waals surface area contributed by atoms with E-state index in [1.165, 1.54) is 0 Å². The Bertz CT molecular complexity index is 382. The lowest BCUT2D eigenvalue weighted by molar-refractivity contribution is -0.131. The molecule has 6 heteroatoms. The average molecular weight is 223 g/mol. The molecule has 2 rings (SSSR count). The Labute approximate surface area is 94.4 Å². The van der Waals surface area contributed by atoms with Crippen LogP contribution in [0.2, 0.25) is 0 Å². The molecule has 0 bridgehead atoms. The number of hydrogen-bond donors (Lipinski definition) is 1. The van der Waals surface area contributed by atoms with E-state index < -0.39 is 0 Å². The summed E-state index contributed by atoms with van der Waals surface area (Å²) in [7, 11) is 1.84. The average Bonchev–Trinajstić information content (AvgIpc) is 2.97. The molecule has 0 radical (unpaired) electrons. The Morgan fingerprint density at radius 3 is 2.94 bits per heavy atom. The van der Waals surface area contributed by atoms with Gasteiger partial charge in [-0.15, -0.1) is 0 Å². The number of carbonyl (C=O) groups excluding carboxylic acids is 1. The van der Waals surface area contributed by atoms with Gasteiger partial charge in [0.1, 0.15) is 12.9 Å². The normalized spacial score (nSPS) is 17.2. The van der Waals surface area contributed by atoms with Crippen LogP contribution in [0.4, 0.5) is 0 Å². The summed E-state index contributed by atoms with van der Waals surface area (Å²) in [6.45, 7) is 2.06. The van der Waals surface area contributed by atoms with E-state index in [-0.39, 0.29) is 18.5 Å². The van der Waals surface area contributed by atoms with Gasteiger partial charge in [-0.1, -0.05) is 0 Å². The SMILES string of the molecule is CC(N)c1ncn(CC(=O)N(C)C2CC2)n1. The molecule has 1 heterocycles. The lowest BCUT2D eigenvalue weighted by Crippen LogP contribution is -2.32. The van der Waals surface area contributed by atoms with Gasteiger partial charge in [0.25, 0.3) is 0 Å². The first-order chi connectivity index (χ1) is 7.58. The van der Waals surface area contributed by atoms with Crippen molar-refractivity contribution < 1.29 is 4.79 Å². The smallest absolute Gasteiger partial charge is 0.244 e. The van der Waals surface area contributed by atoms with Crippen LogP contribution in [-0.4, -0.2) is 38.7 Å². The van der Waals surface area contributed by atoms with Crippen LogP contribution >= 0.6 is 0 Å². The molecule has 1 atom stereocenters. The predicted molar refractivity (Wildman–Crippen MR) is 58.4 cm³/mol. The van der Waals surface area contributed by atoms with E-state index in [2.05, 4.69) is 10.1 Å². The molecule has 2 N–H and O–H groups in total. The summed E-state index contributed by atoms with van der Waals surface area (Å²) in [5, 5.41) is 4.14. The molecule has 1 aromatic rings. The van der Waals surface area contributed by atoms with Gasteiger partial charge < -0.3 is 10.6 Å². The third kappa shape index (κ3) is 2.38. The van der Waals surface area contributed by atoms with Gasteiger partial charge in [0, 0.05) is 13.1 Å². The Kier molecular flexibility index (Phi) is 2.91. The standard InChI is InChI=1S/C10H17N5O/c1-7(11)10-12-6-15(13-10)5-9(16)14(2)8-3-4-8/h6-8H,3-5,11H2,1-2H3. The summed E-state index contributed by atoms with van der Waals surface area (Å²) in [4.78, 5) is 17.6. The highest BCUT2D eigenvalue weighted by atomic mass is 16.2. The fourth-order valence-corrected chi connectivity index (χ4v) is 1.51. The van der Waals surface area contributed by atoms with Crippen LogP contribution in [-0.2, 0) is 11.3 Å². The van der Waals surface area contributed by atoms with E-state index in [0.29, 0.717) is 11.9 Å². The zero-order chi connectivity index (χ0) is 11.7. The number of hydrogen-bond acceptors (Lipinski definition) is 4. The lowest BCUT2D eigenvalue weighted by Gasteiger charge is -2.15. The van der Waals surface area contributed by atoms with E-state index in [0.717, 1.165) is 12.8 Å². The van der Waals surface area contributed by atoms with Crippen LogP contribution in [0.25, 0.3) is 0 Å². The molecular formula is C10H17N5O. The van der Waals surface area contributed by atoms with Gasteiger partial charge in [-0.3, -0.25) is 4.79 Å². The first-order valence-corrected chi connectivity index (χ1v) is 5.48. The number of nitrogens with zero attached hydrogens (tertiary/aromatic N) is 4. The molecule has 0 aliphatic heterocycles. The van der Waals surface area contributed by atoms with Gasteiger partial charge in [0.2, 0.25) is 5.91 Å². The second kappa shape index (κ2) is 4.21. The van der Waals surface area contributed by atoms with Crippen molar-refractivity contribution in [1.29, 1.82) is 0 Å². The first kappa shape index (κ1) is 11.1. The molecule has 0 aromatic carbocycles. The number of likely N-dealkylation sites (N-methyl/N-ethyl adjacent to an activating group) is 1. The van der Waals surface area contributed by atoms with Crippen molar-refractivity contribution >= 4 is 5.91 Å². The van der Waals surface area contributed by atoms with Crippen molar-refractivity contribution in [2.45, 2.75) is 38.4 Å². The molecular weight excluding hydrogens is 206 g/mol. The monoisotopic (exact) mass is 223 g/mol. The maximum absolute atomic E-state index is 11.8. The lowest BCUT2D eigenvalue weighted by atomic mass is 10.3. The van der Waals surface area contributed by atoms with Gasteiger partial charge in [-0.05, 0) is 19.8 Å². The van der Waals surface area contributed by atoms with E-state index >= 15 is 0 Å². The highest BCUT2D eigenvalue weighted by molar-refractivity contribution is 5.76. The Morgan fingerprint density at radius 1 is 1.75 bits per heavy atom. The van der Waals surface area contributed by atoms with Crippen LogP contribution in [0.1, 0.15) is 31.6 Å².